The van der Waals surface area contributed by atoms with Crippen molar-refractivity contribution in [1.82, 2.24) is 15.0 Å². The molecule has 1 aliphatic rings. The summed E-state index contributed by atoms with van der Waals surface area (Å²) >= 11 is 1.76. The zero-order valence-electron chi connectivity index (χ0n) is 26.4. The molecule has 1 unspecified atom stereocenters. The van der Waals surface area contributed by atoms with Crippen molar-refractivity contribution in [2.45, 2.75) is 12.5 Å². The summed E-state index contributed by atoms with van der Waals surface area (Å²) in [6.07, 6.45) is 0.756. The Bertz CT molecular complexity index is 2450. The second-order valence-corrected chi connectivity index (χ2v) is 13.1. The van der Waals surface area contributed by atoms with Crippen LogP contribution in [0.3, 0.4) is 0 Å². The number of fused-ring (bicyclic) bond motifs is 3. The van der Waals surface area contributed by atoms with Crippen LogP contribution in [0.15, 0.2) is 168 Å². The van der Waals surface area contributed by atoms with Crippen LogP contribution in [0.1, 0.15) is 29.2 Å². The van der Waals surface area contributed by atoms with Crippen LogP contribution < -0.4 is 0 Å². The minimum Gasteiger partial charge on any atom is -0.258 e. The predicted molar refractivity (Wildman–Crippen MR) is 202 cm³/mol. The Kier molecular flexibility index (Phi) is 7.41. The van der Waals surface area contributed by atoms with Crippen molar-refractivity contribution < 1.29 is 0 Å². The Hall–Kier alpha value is -6.11. The molecule has 0 radical (unpaired) electrons. The topological polar surface area (TPSA) is 63.4 Å². The highest BCUT2D eigenvalue weighted by molar-refractivity contribution is 7.26. The number of nitrogens with zero attached hydrogens (tertiary/aromatic N) is 5. The summed E-state index contributed by atoms with van der Waals surface area (Å²) in [5, 5.41) is 2.33. The lowest BCUT2D eigenvalue weighted by Crippen LogP contribution is -2.17. The fourth-order valence-electron chi connectivity index (χ4n) is 6.44. The lowest BCUT2D eigenvalue weighted by Gasteiger charge is -2.21. The van der Waals surface area contributed by atoms with Crippen LogP contribution in [0.2, 0.25) is 0 Å². The van der Waals surface area contributed by atoms with Crippen LogP contribution in [0.5, 0.6) is 0 Å². The number of amidine groups is 1. The van der Waals surface area contributed by atoms with Crippen molar-refractivity contribution in [1.29, 1.82) is 0 Å². The summed E-state index contributed by atoms with van der Waals surface area (Å²) in [4.78, 5) is 25.3. The van der Waals surface area contributed by atoms with E-state index in [2.05, 4.69) is 91.0 Å². The lowest BCUT2D eigenvalue weighted by molar-refractivity contribution is 0.753. The summed E-state index contributed by atoms with van der Waals surface area (Å²) < 4.78 is 2.33. The number of rotatable bonds is 6. The second-order valence-electron chi connectivity index (χ2n) is 12.0. The van der Waals surface area contributed by atoms with E-state index in [0.717, 1.165) is 55.9 Å². The maximum absolute atomic E-state index is 5.22. The van der Waals surface area contributed by atoms with Gasteiger partial charge in [0.15, 0.2) is 23.3 Å². The maximum atomic E-state index is 5.22. The summed E-state index contributed by atoms with van der Waals surface area (Å²) in [5.41, 5.74) is 7.27. The first kappa shape index (κ1) is 29.1. The Morgan fingerprint density at radius 3 is 1.73 bits per heavy atom. The molecule has 49 heavy (non-hydrogen) atoms. The highest BCUT2D eigenvalue weighted by Crippen LogP contribution is 2.40. The van der Waals surface area contributed by atoms with Gasteiger partial charge in [-0.3, -0.25) is 4.99 Å². The SMILES string of the molecule is c1ccc(C2=NC(c3ccc4sc5c(-c6nc(-c7ccccc7)nc(-c7ccccc7)n6)cccc5c4c3)=NC(c3ccccc3)C2)cc1. The molecule has 9 rings (SSSR count). The van der Waals surface area contributed by atoms with Crippen molar-refractivity contribution in [3.05, 3.63) is 174 Å². The molecule has 1 aliphatic heterocycles. The monoisotopic (exact) mass is 647 g/mol. The largest absolute Gasteiger partial charge is 0.258 e. The van der Waals surface area contributed by atoms with E-state index in [4.69, 9.17) is 24.9 Å². The molecule has 5 nitrogen and oxygen atoms in total. The Balaban J connectivity index is 1.18. The standard InChI is InChI=1S/C43H29N5S/c1-5-14-28(15-6-1)36-27-37(29-16-7-2-8-17-29)45-42(44-36)32-24-25-38-35(26-32)33-22-13-23-34(39(33)49-38)43-47-40(30-18-9-3-10-19-30)46-41(48-43)31-20-11-4-12-21-31/h1-26,36H,27H2. The van der Waals surface area contributed by atoms with E-state index in [-0.39, 0.29) is 6.04 Å². The molecular weight excluding hydrogens is 619 g/mol. The molecule has 8 aromatic rings. The van der Waals surface area contributed by atoms with Gasteiger partial charge in [0.05, 0.1) is 11.8 Å². The van der Waals surface area contributed by atoms with Crippen LogP contribution in [-0.4, -0.2) is 26.5 Å². The molecule has 6 aromatic carbocycles. The van der Waals surface area contributed by atoms with Gasteiger partial charge in [-0.1, -0.05) is 133 Å². The highest BCUT2D eigenvalue weighted by Gasteiger charge is 2.23. The predicted octanol–water partition coefficient (Wildman–Crippen LogP) is 10.6. The number of thiophene rings is 1. The van der Waals surface area contributed by atoms with Crippen LogP contribution in [0, 0.1) is 0 Å². The average Bonchev–Trinajstić information content (AvgIpc) is 3.57. The van der Waals surface area contributed by atoms with Crippen LogP contribution in [0.25, 0.3) is 54.3 Å². The number of benzene rings is 6. The molecule has 0 fully saturated rings. The molecule has 0 bridgehead atoms. The van der Waals surface area contributed by atoms with E-state index in [1.54, 1.807) is 11.3 Å². The quantitative estimate of drug-likeness (QED) is 0.180. The van der Waals surface area contributed by atoms with Gasteiger partial charge < -0.3 is 0 Å². The van der Waals surface area contributed by atoms with Crippen molar-refractivity contribution >= 4 is 43.1 Å². The van der Waals surface area contributed by atoms with Crippen LogP contribution in [0.4, 0.5) is 0 Å². The number of aromatic nitrogens is 3. The zero-order valence-corrected chi connectivity index (χ0v) is 27.3. The molecule has 2 aromatic heterocycles. The molecule has 0 aliphatic carbocycles. The van der Waals surface area contributed by atoms with Gasteiger partial charge in [-0.2, -0.15) is 0 Å². The normalized spacial score (nSPS) is 14.5. The van der Waals surface area contributed by atoms with Gasteiger partial charge in [-0.25, -0.2) is 19.9 Å². The molecule has 232 valence electrons. The van der Waals surface area contributed by atoms with Crippen molar-refractivity contribution in [3.8, 4) is 34.2 Å². The molecule has 0 saturated heterocycles. The van der Waals surface area contributed by atoms with E-state index >= 15 is 0 Å². The third kappa shape index (κ3) is 5.62. The van der Waals surface area contributed by atoms with Gasteiger partial charge in [0.1, 0.15) is 0 Å². The van der Waals surface area contributed by atoms with Crippen molar-refractivity contribution in [2.24, 2.45) is 9.98 Å². The Morgan fingerprint density at radius 2 is 1.08 bits per heavy atom. The fraction of sp³-hybridized carbons (Fsp3) is 0.0465. The molecule has 3 heterocycles. The molecule has 0 N–H and O–H groups in total. The second kappa shape index (κ2) is 12.5. The first-order chi connectivity index (χ1) is 24.3. The number of aliphatic imine (C=N–C) groups is 2. The van der Waals surface area contributed by atoms with Gasteiger partial charge in [0, 0.05) is 48.8 Å². The van der Waals surface area contributed by atoms with E-state index in [9.17, 15) is 0 Å². The smallest absolute Gasteiger partial charge is 0.165 e. The summed E-state index contributed by atoms with van der Waals surface area (Å²) in [6.45, 7) is 0. The van der Waals surface area contributed by atoms with Gasteiger partial charge in [-0.05, 0) is 35.4 Å². The highest BCUT2D eigenvalue weighted by atomic mass is 32.1. The number of hydrogen-bond donors (Lipinski definition) is 0. The summed E-state index contributed by atoms with van der Waals surface area (Å²) in [6, 6.07) is 54.2. The lowest BCUT2D eigenvalue weighted by atomic mass is 9.95. The molecular formula is C43H29N5S. The molecule has 0 spiro atoms. The Morgan fingerprint density at radius 1 is 0.490 bits per heavy atom. The Labute approximate surface area is 288 Å². The minimum absolute atomic E-state index is 0.00751. The van der Waals surface area contributed by atoms with Gasteiger partial charge in [0.2, 0.25) is 0 Å². The third-order valence-corrected chi connectivity index (χ3v) is 10.1. The van der Waals surface area contributed by atoms with Gasteiger partial charge in [0.25, 0.3) is 0 Å². The van der Waals surface area contributed by atoms with E-state index in [1.807, 2.05) is 66.7 Å². The zero-order chi connectivity index (χ0) is 32.6. The first-order valence-electron chi connectivity index (χ1n) is 16.4. The summed E-state index contributed by atoms with van der Waals surface area (Å²) in [5.74, 6) is 2.72. The van der Waals surface area contributed by atoms with Crippen LogP contribution in [-0.2, 0) is 0 Å². The van der Waals surface area contributed by atoms with E-state index < -0.39 is 0 Å². The van der Waals surface area contributed by atoms with Crippen molar-refractivity contribution in [2.75, 3.05) is 0 Å². The average molecular weight is 648 g/mol. The van der Waals surface area contributed by atoms with E-state index in [0.29, 0.717) is 17.5 Å². The van der Waals surface area contributed by atoms with E-state index in [1.165, 1.54) is 15.6 Å². The summed E-state index contributed by atoms with van der Waals surface area (Å²) in [7, 11) is 0. The third-order valence-electron chi connectivity index (χ3n) is 8.89. The maximum Gasteiger partial charge on any atom is 0.165 e. The van der Waals surface area contributed by atoms with Gasteiger partial charge >= 0.3 is 0 Å². The molecule has 0 amide bonds. The minimum atomic E-state index is -0.00751. The molecule has 6 heteroatoms. The molecule has 0 saturated carbocycles. The fourth-order valence-corrected chi connectivity index (χ4v) is 7.63. The van der Waals surface area contributed by atoms with Crippen LogP contribution >= 0.6 is 11.3 Å². The molecule has 1 atom stereocenters. The van der Waals surface area contributed by atoms with Crippen molar-refractivity contribution in [3.63, 3.8) is 0 Å². The number of hydrogen-bond acceptors (Lipinski definition) is 6. The first-order valence-corrected chi connectivity index (χ1v) is 17.2. The van der Waals surface area contributed by atoms with Gasteiger partial charge in [-0.15, -0.1) is 11.3 Å².